The van der Waals surface area contributed by atoms with Gasteiger partial charge in [0.1, 0.15) is 0 Å². The van der Waals surface area contributed by atoms with Crippen LogP contribution in [0, 0.1) is 0 Å². The van der Waals surface area contributed by atoms with Gasteiger partial charge < -0.3 is 24.4 Å². The number of rotatable bonds is 10. The number of nitrogens with one attached hydrogen (secondary N) is 1. The van der Waals surface area contributed by atoms with Crippen molar-refractivity contribution in [2.75, 3.05) is 20.8 Å². The number of hydrogen-bond donors (Lipinski definition) is 1. The molecule has 3 heterocycles. The predicted molar refractivity (Wildman–Crippen MR) is 158 cm³/mol. The number of amides is 1. The fourth-order valence-electron chi connectivity index (χ4n) is 4.75. The number of methoxy groups -OCH3 is 2. The van der Waals surface area contributed by atoms with E-state index in [1.165, 1.54) is 11.8 Å². The molecule has 2 aromatic carbocycles. The first-order valence-electron chi connectivity index (χ1n) is 13.1. The Bertz CT molecular complexity index is 1520. The van der Waals surface area contributed by atoms with Crippen LogP contribution in [0.3, 0.4) is 0 Å². The quantitative estimate of drug-likeness (QED) is 0.337. The standard InChI is InChI=1S/C31H30N4O5S/c1-4-40-30(37)27-28(20-10-6-5-7-11-20)34-31-35(29(27)21-13-14-24(38-2)25(16-21)39-3)23(19-41-31)17-26(36)33-18-22-12-8-9-15-32-22/h5-16,19,29H,4,17-18H2,1-3H3,(H,33,36)/t29-/m1/s1. The number of aromatic nitrogens is 1. The van der Waals surface area contributed by atoms with E-state index in [-0.39, 0.29) is 18.9 Å². The summed E-state index contributed by atoms with van der Waals surface area (Å²) in [6.07, 6.45) is 1.77. The average Bonchev–Trinajstić information content (AvgIpc) is 3.41. The molecule has 0 unspecified atom stereocenters. The first kappa shape index (κ1) is 28.0. The second kappa shape index (κ2) is 12.7. The minimum absolute atomic E-state index is 0.0828. The van der Waals surface area contributed by atoms with Gasteiger partial charge in [0.05, 0.1) is 56.8 Å². The molecule has 0 aliphatic carbocycles. The topological polar surface area (TPSA) is 102 Å². The Labute approximate surface area is 242 Å². The van der Waals surface area contributed by atoms with Gasteiger partial charge in [0, 0.05) is 17.5 Å². The Morgan fingerprint density at radius 3 is 2.49 bits per heavy atom. The van der Waals surface area contributed by atoms with Gasteiger partial charge in [-0.05, 0) is 42.2 Å². The predicted octanol–water partition coefficient (Wildman–Crippen LogP) is 5.08. The number of ether oxygens (including phenoxy) is 3. The van der Waals surface area contributed by atoms with Crippen LogP contribution in [-0.4, -0.2) is 47.8 Å². The zero-order valence-electron chi connectivity index (χ0n) is 23.0. The van der Waals surface area contributed by atoms with Crippen LogP contribution in [0.2, 0.25) is 0 Å². The van der Waals surface area contributed by atoms with E-state index in [0.717, 1.165) is 16.8 Å². The van der Waals surface area contributed by atoms with Crippen LogP contribution in [0.15, 0.2) is 94.6 Å². The number of carbonyl (C=O) groups excluding carboxylic acids is 2. The van der Waals surface area contributed by atoms with E-state index in [0.29, 0.717) is 40.2 Å². The van der Waals surface area contributed by atoms with Gasteiger partial charge in [-0.2, -0.15) is 0 Å². The fourth-order valence-corrected chi connectivity index (χ4v) is 5.66. The maximum atomic E-state index is 13.7. The lowest BCUT2D eigenvalue weighted by molar-refractivity contribution is -0.139. The van der Waals surface area contributed by atoms with Gasteiger partial charge >= 0.3 is 5.97 Å². The minimum atomic E-state index is -0.638. The van der Waals surface area contributed by atoms with E-state index in [1.54, 1.807) is 33.4 Å². The van der Waals surface area contributed by atoms with Crippen LogP contribution in [0.1, 0.15) is 36.2 Å². The van der Waals surface area contributed by atoms with Crippen molar-refractivity contribution in [3.05, 3.63) is 106 Å². The third kappa shape index (κ3) is 5.97. The van der Waals surface area contributed by atoms with Crippen LogP contribution in [0.4, 0.5) is 0 Å². The van der Waals surface area contributed by atoms with E-state index in [1.807, 2.05) is 71.0 Å². The second-order valence-corrected chi connectivity index (χ2v) is 9.97. The maximum Gasteiger partial charge on any atom is 0.338 e. The van der Waals surface area contributed by atoms with Crippen molar-refractivity contribution in [1.82, 2.24) is 15.2 Å². The Morgan fingerprint density at radius 1 is 1.00 bits per heavy atom. The summed E-state index contributed by atoms with van der Waals surface area (Å²) in [7, 11) is 3.14. The molecule has 1 amide bonds. The molecule has 1 aromatic heterocycles. The minimum Gasteiger partial charge on any atom is -0.493 e. The Morgan fingerprint density at radius 2 is 1.78 bits per heavy atom. The van der Waals surface area contributed by atoms with Crippen molar-refractivity contribution in [3.8, 4) is 11.5 Å². The van der Waals surface area contributed by atoms with E-state index in [9.17, 15) is 9.59 Å². The molecule has 3 aromatic rings. The van der Waals surface area contributed by atoms with Gasteiger partial charge in [0.2, 0.25) is 5.91 Å². The summed E-state index contributed by atoms with van der Waals surface area (Å²) in [6.45, 7) is 2.28. The van der Waals surface area contributed by atoms with Gasteiger partial charge in [-0.1, -0.05) is 54.2 Å². The number of nitrogens with zero attached hydrogens (tertiary/aromatic N) is 3. The zero-order valence-corrected chi connectivity index (χ0v) is 23.8. The highest BCUT2D eigenvalue weighted by Gasteiger charge is 2.42. The average molecular weight is 571 g/mol. The summed E-state index contributed by atoms with van der Waals surface area (Å²) in [4.78, 5) is 37.9. The molecule has 5 rings (SSSR count). The van der Waals surface area contributed by atoms with Crippen molar-refractivity contribution >= 4 is 34.5 Å². The molecule has 1 N–H and O–H groups in total. The summed E-state index contributed by atoms with van der Waals surface area (Å²) in [5.74, 6) is 0.422. The van der Waals surface area contributed by atoms with Crippen molar-refractivity contribution in [2.24, 2.45) is 4.99 Å². The molecule has 0 saturated heterocycles. The Hall–Kier alpha value is -4.57. The van der Waals surface area contributed by atoms with Gasteiger partial charge in [0.15, 0.2) is 16.7 Å². The summed E-state index contributed by atoms with van der Waals surface area (Å²) in [5.41, 5.74) is 3.91. The monoisotopic (exact) mass is 570 g/mol. The van der Waals surface area contributed by atoms with Crippen molar-refractivity contribution in [1.29, 1.82) is 0 Å². The molecular formula is C31H30N4O5S. The first-order chi connectivity index (χ1) is 20.0. The molecule has 0 fully saturated rings. The van der Waals surface area contributed by atoms with E-state index in [2.05, 4.69) is 10.3 Å². The molecule has 1 atom stereocenters. The van der Waals surface area contributed by atoms with E-state index >= 15 is 0 Å². The summed E-state index contributed by atoms with van der Waals surface area (Å²) in [6, 6.07) is 20.0. The molecule has 41 heavy (non-hydrogen) atoms. The number of esters is 1. The molecule has 0 radical (unpaired) electrons. The molecule has 0 spiro atoms. The third-order valence-electron chi connectivity index (χ3n) is 6.61. The van der Waals surface area contributed by atoms with Gasteiger partial charge in [0.25, 0.3) is 0 Å². The summed E-state index contributed by atoms with van der Waals surface area (Å²) in [5, 5.41) is 5.50. The molecule has 9 nitrogen and oxygen atoms in total. The number of pyridine rings is 1. The smallest absolute Gasteiger partial charge is 0.338 e. The second-order valence-electron chi connectivity index (χ2n) is 9.13. The molecule has 2 aliphatic rings. The van der Waals surface area contributed by atoms with Crippen LogP contribution in [0.5, 0.6) is 11.5 Å². The van der Waals surface area contributed by atoms with Crippen LogP contribution < -0.4 is 14.8 Å². The van der Waals surface area contributed by atoms with Crippen molar-refractivity contribution in [2.45, 2.75) is 25.9 Å². The number of thioether (sulfide) groups is 1. The lowest BCUT2D eigenvalue weighted by Gasteiger charge is -2.37. The Balaban J connectivity index is 1.57. The van der Waals surface area contributed by atoms with E-state index in [4.69, 9.17) is 19.2 Å². The molecule has 2 aliphatic heterocycles. The number of fused-ring (bicyclic) bond motifs is 1. The normalized spacial score (nSPS) is 16.0. The highest BCUT2D eigenvalue weighted by molar-refractivity contribution is 8.16. The largest absolute Gasteiger partial charge is 0.493 e. The van der Waals surface area contributed by atoms with Gasteiger partial charge in [-0.25, -0.2) is 9.79 Å². The summed E-state index contributed by atoms with van der Waals surface area (Å²) < 4.78 is 16.6. The highest BCUT2D eigenvalue weighted by Crippen LogP contribution is 2.48. The first-order valence-corrected chi connectivity index (χ1v) is 14.0. The van der Waals surface area contributed by atoms with Gasteiger partial charge in [-0.3, -0.25) is 9.78 Å². The Kier molecular flexibility index (Phi) is 8.69. The summed E-state index contributed by atoms with van der Waals surface area (Å²) >= 11 is 1.41. The lowest BCUT2D eigenvalue weighted by Crippen LogP contribution is -2.38. The lowest BCUT2D eigenvalue weighted by atomic mass is 9.91. The molecule has 10 heteroatoms. The van der Waals surface area contributed by atoms with Gasteiger partial charge in [-0.15, -0.1) is 0 Å². The number of carbonyl (C=O) groups is 2. The third-order valence-corrected chi connectivity index (χ3v) is 7.50. The van der Waals surface area contributed by atoms with Crippen LogP contribution in [-0.2, 0) is 20.9 Å². The fraction of sp³-hybridized carbons (Fsp3) is 0.226. The SMILES string of the molecule is CCOC(=O)C1=C(c2ccccc2)N=C2SC=C(CC(=O)NCc3ccccn3)N2[C@@H]1c1ccc(OC)c(OC)c1. The van der Waals surface area contributed by atoms with Crippen LogP contribution >= 0.6 is 11.8 Å². The van der Waals surface area contributed by atoms with E-state index < -0.39 is 12.0 Å². The number of aliphatic imine (C=N–C) groups is 1. The zero-order chi connectivity index (χ0) is 28.8. The maximum absolute atomic E-state index is 13.7. The number of benzene rings is 2. The van der Waals surface area contributed by atoms with Crippen molar-refractivity contribution in [3.63, 3.8) is 0 Å². The number of amidine groups is 1. The molecule has 0 bridgehead atoms. The molecular weight excluding hydrogens is 540 g/mol. The molecule has 210 valence electrons. The highest BCUT2D eigenvalue weighted by atomic mass is 32.2. The number of hydrogen-bond acceptors (Lipinski definition) is 9. The van der Waals surface area contributed by atoms with Crippen molar-refractivity contribution < 1.29 is 23.8 Å². The van der Waals surface area contributed by atoms with Crippen LogP contribution in [0.25, 0.3) is 5.70 Å². The molecule has 0 saturated carbocycles.